The Bertz CT molecular complexity index is 697. The predicted octanol–water partition coefficient (Wildman–Crippen LogP) is 2.29. The Hall–Kier alpha value is -1.69. The minimum Gasteiger partial charge on any atom is -0.301 e. The highest BCUT2D eigenvalue weighted by Gasteiger charge is 2.11. The lowest BCUT2D eigenvalue weighted by Crippen LogP contribution is -2.03. The second kappa shape index (κ2) is 3.66. The summed E-state index contributed by atoms with van der Waals surface area (Å²) in [5.74, 6) is 0.780. The van der Waals surface area contributed by atoms with Crippen molar-refractivity contribution in [1.29, 1.82) is 0 Å². The van der Waals surface area contributed by atoms with E-state index in [0.29, 0.717) is 0 Å². The molecule has 3 aromatic rings. The fourth-order valence-electron chi connectivity index (χ4n) is 1.76. The second-order valence-corrected chi connectivity index (χ2v) is 4.64. The molecule has 0 saturated carbocycles. The van der Waals surface area contributed by atoms with Gasteiger partial charge in [0, 0.05) is 24.3 Å². The number of hydrogen-bond acceptors (Lipinski definition) is 3. The van der Waals surface area contributed by atoms with E-state index >= 15 is 0 Å². The summed E-state index contributed by atoms with van der Waals surface area (Å²) in [5.41, 5.74) is 2.88. The smallest absolute Gasteiger partial charge is 0.183 e. The molecule has 0 saturated heterocycles. The van der Waals surface area contributed by atoms with Crippen molar-refractivity contribution in [2.24, 2.45) is 0 Å². The molecule has 0 spiro atoms. The molecule has 0 amide bonds. The van der Waals surface area contributed by atoms with Crippen molar-refractivity contribution in [1.82, 2.24) is 23.9 Å². The van der Waals surface area contributed by atoms with Crippen molar-refractivity contribution in [3.05, 3.63) is 40.9 Å². The zero-order chi connectivity index (χ0) is 12.0. The Morgan fingerprint density at radius 1 is 1.24 bits per heavy atom. The monoisotopic (exact) mass is 291 g/mol. The van der Waals surface area contributed by atoms with Crippen molar-refractivity contribution in [2.45, 2.75) is 13.8 Å². The van der Waals surface area contributed by atoms with E-state index < -0.39 is 0 Å². The molecule has 86 valence electrons. The first-order chi connectivity index (χ1) is 8.16. The van der Waals surface area contributed by atoms with Crippen LogP contribution in [-0.4, -0.2) is 23.9 Å². The summed E-state index contributed by atoms with van der Waals surface area (Å²) in [5, 5.41) is 0. The average molecular weight is 292 g/mol. The molecule has 0 atom stereocenters. The molecule has 0 bridgehead atoms. The van der Waals surface area contributed by atoms with Gasteiger partial charge >= 0.3 is 0 Å². The summed E-state index contributed by atoms with van der Waals surface area (Å²) in [6.45, 7) is 4.00. The van der Waals surface area contributed by atoms with Crippen molar-refractivity contribution >= 4 is 21.6 Å². The Kier molecular flexibility index (Phi) is 2.25. The molecular weight excluding hydrogens is 282 g/mol. The van der Waals surface area contributed by atoms with E-state index in [-0.39, 0.29) is 0 Å². The molecule has 6 heteroatoms. The van der Waals surface area contributed by atoms with E-state index in [1.165, 1.54) is 0 Å². The van der Waals surface area contributed by atoms with E-state index in [4.69, 9.17) is 0 Å². The second-order valence-electron chi connectivity index (χ2n) is 3.83. The van der Waals surface area contributed by atoms with Crippen molar-refractivity contribution in [3.63, 3.8) is 0 Å². The van der Waals surface area contributed by atoms with Gasteiger partial charge in [-0.15, -0.1) is 0 Å². The molecule has 0 aromatic carbocycles. The summed E-state index contributed by atoms with van der Waals surface area (Å²) in [7, 11) is 0. The third-order valence-corrected chi connectivity index (χ3v) is 3.19. The van der Waals surface area contributed by atoms with Gasteiger partial charge in [0.25, 0.3) is 0 Å². The van der Waals surface area contributed by atoms with Crippen molar-refractivity contribution < 1.29 is 0 Å². The van der Waals surface area contributed by atoms with Crippen LogP contribution in [0.3, 0.4) is 0 Å². The van der Waals surface area contributed by atoms with Gasteiger partial charge in [-0.3, -0.25) is 4.57 Å². The van der Waals surface area contributed by atoms with Crippen LogP contribution in [0, 0.1) is 13.8 Å². The number of halogens is 1. The standard InChI is InChI=1S/C11H10BrN5/c1-7-8(2)17(6-14-7)11-10-13-3-4-16(10)5-9(12)15-11/h3-6H,1-2H3. The Labute approximate surface area is 106 Å². The first-order valence-corrected chi connectivity index (χ1v) is 5.96. The summed E-state index contributed by atoms with van der Waals surface area (Å²) in [6, 6.07) is 0. The molecule has 0 aliphatic heterocycles. The van der Waals surface area contributed by atoms with Crippen LogP contribution in [0.1, 0.15) is 11.4 Å². The largest absolute Gasteiger partial charge is 0.301 e. The number of aryl methyl sites for hydroxylation is 1. The molecule has 0 radical (unpaired) electrons. The SMILES string of the molecule is Cc1ncn(-c2nc(Br)cn3ccnc23)c1C. The lowest BCUT2D eigenvalue weighted by Gasteiger charge is -2.06. The van der Waals surface area contributed by atoms with Crippen LogP contribution in [-0.2, 0) is 0 Å². The fourth-order valence-corrected chi connectivity index (χ4v) is 2.15. The Balaban J connectivity index is 2.36. The zero-order valence-electron chi connectivity index (χ0n) is 9.42. The third-order valence-electron chi connectivity index (χ3n) is 2.81. The van der Waals surface area contributed by atoms with Crippen LogP contribution in [0.5, 0.6) is 0 Å². The first kappa shape index (κ1) is 10.5. The van der Waals surface area contributed by atoms with Gasteiger partial charge in [0.1, 0.15) is 10.9 Å². The maximum absolute atomic E-state index is 4.47. The Morgan fingerprint density at radius 2 is 2.06 bits per heavy atom. The van der Waals surface area contributed by atoms with Gasteiger partial charge in [0.2, 0.25) is 0 Å². The topological polar surface area (TPSA) is 48.0 Å². The highest BCUT2D eigenvalue weighted by Crippen LogP contribution is 2.18. The molecule has 3 rings (SSSR count). The normalized spacial score (nSPS) is 11.2. The maximum atomic E-state index is 4.47. The number of hydrogen-bond donors (Lipinski definition) is 0. The lowest BCUT2D eigenvalue weighted by molar-refractivity contribution is 0.926. The van der Waals surface area contributed by atoms with Crippen molar-refractivity contribution in [3.8, 4) is 5.82 Å². The first-order valence-electron chi connectivity index (χ1n) is 5.17. The third kappa shape index (κ3) is 1.56. The summed E-state index contributed by atoms with van der Waals surface area (Å²) in [6.07, 6.45) is 7.30. The average Bonchev–Trinajstić information content (AvgIpc) is 2.87. The van der Waals surface area contributed by atoms with Gasteiger partial charge in [0.05, 0.1) is 5.69 Å². The summed E-state index contributed by atoms with van der Waals surface area (Å²) < 4.78 is 4.65. The summed E-state index contributed by atoms with van der Waals surface area (Å²) in [4.78, 5) is 13.1. The van der Waals surface area contributed by atoms with Crippen LogP contribution in [0.2, 0.25) is 0 Å². The van der Waals surface area contributed by atoms with Gasteiger partial charge in [-0.2, -0.15) is 0 Å². The quantitative estimate of drug-likeness (QED) is 0.691. The molecule has 3 heterocycles. The van der Waals surface area contributed by atoms with Gasteiger partial charge in [-0.1, -0.05) is 0 Å². The van der Waals surface area contributed by atoms with E-state index in [1.807, 2.05) is 35.2 Å². The fraction of sp³-hybridized carbons (Fsp3) is 0.182. The van der Waals surface area contributed by atoms with Crippen LogP contribution in [0.25, 0.3) is 11.5 Å². The minimum atomic E-state index is 0.767. The van der Waals surface area contributed by atoms with Gasteiger partial charge in [0.15, 0.2) is 11.5 Å². The number of imidazole rings is 2. The molecule has 3 aromatic heterocycles. The Morgan fingerprint density at radius 3 is 2.76 bits per heavy atom. The van der Waals surface area contributed by atoms with Crippen molar-refractivity contribution in [2.75, 3.05) is 0 Å². The van der Waals surface area contributed by atoms with E-state index in [0.717, 1.165) is 27.5 Å². The number of rotatable bonds is 1. The highest BCUT2D eigenvalue weighted by molar-refractivity contribution is 9.10. The number of aromatic nitrogens is 5. The van der Waals surface area contributed by atoms with Gasteiger partial charge in [-0.25, -0.2) is 15.0 Å². The molecule has 0 aliphatic carbocycles. The van der Waals surface area contributed by atoms with E-state index in [2.05, 4.69) is 30.9 Å². The molecule has 17 heavy (non-hydrogen) atoms. The summed E-state index contributed by atoms with van der Waals surface area (Å²) >= 11 is 3.40. The zero-order valence-corrected chi connectivity index (χ0v) is 11.0. The van der Waals surface area contributed by atoms with Crippen LogP contribution in [0.15, 0.2) is 29.5 Å². The van der Waals surface area contributed by atoms with Crippen LogP contribution in [0.4, 0.5) is 0 Å². The van der Waals surface area contributed by atoms with Gasteiger partial charge < -0.3 is 4.40 Å². The lowest BCUT2D eigenvalue weighted by atomic mass is 10.4. The minimum absolute atomic E-state index is 0.767. The van der Waals surface area contributed by atoms with Gasteiger partial charge in [-0.05, 0) is 29.8 Å². The molecule has 0 fully saturated rings. The molecule has 0 N–H and O–H groups in total. The number of fused-ring (bicyclic) bond motifs is 1. The molecule has 0 unspecified atom stereocenters. The molecular formula is C11H10BrN5. The predicted molar refractivity (Wildman–Crippen MR) is 67.3 cm³/mol. The maximum Gasteiger partial charge on any atom is 0.183 e. The number of nitrogens with zero attached hydrogens (tertiary/aromatic N) is 5. The van der Waals surface area contributed by atoms with Crippen LogP contribution < -0.4 is 0 Å². The highest BCUT2D eigenvalue weighted by atomic mass is 79.9. The molecule has 0 aliphatic rings. The molecule has 5 nitrogen and oxygen atoms in total. The van der Waals surface area contributed by atoms with E-state index in [1.54, 1.807) is 12.5 Å². The van der Waals surface area contributed by atoms with Crippen LogP contribution >= 0.6 is 15.9 Å². The van der Waals surface area contributed by atoms with E-state index in [9.17, 15) is 0 Å².